The quantitative estimate of drug-likeness (QED) is 0.188. The predicted octanol–water partition coefficient (Wildman–Crippen LogP) is 2.52. The molecular weight excluding hydrogens is 538 g/mol. The maximum atomic E-state index is 13.8. The summed E-state index contributed by atoms with van der Waals surface area (Å²) in [5.41, 5.74) is -0.905. The summed E-state index contributed by atoms with van der Waals surface area (Å²) < 4.78 is 15.2. The number of hydrogen-bond acceptors (Lipinski definition) is 7. The van der Waals surface area contributed by atoms with Crippen molar-refractivity contribution in [3.8, 4) is 11.5 Å². The van der Waals surface area contributed by atoms with Crippen LogP contribution >= 0.6 is 0 Å². The molecular formula is C31H29N5O6. The molecule has 3 aromatic heterocycles. The topological polar surface area (TPSA) is 119 Å². The van der Waals surface area contributed by atoms with Gasteiger partial charge in [-0.15, -0.1) is 13.2 Å². The Balaban J connectivity index is 1.78. The second kappa shape index (κ2) is 11.6. The first-order chi connectivity index (χ1) is 20.3. The van der Waals surface area contributed by atoms with E-state index in [0.29, 0.717) is 22.6 Å². The number of fused-ring (bicyclic) bond motifs is 2. The van der Waals surface area contributed by atoms with Crippen LogP contribution in [0.25, 0.3) is 22.1 Å². The highest BCUT2D eigenvalue weighted by Gasteiger charge is 2.20. The monoisotopic (exact) mass is 567 g/mol. The molecule has 0 aliphatic rings. The molecule has 11 heteroatoms. The number of ether oxygens (including phenoxy) is 2. The molecule has 0 saturated heterocycles. The molecule has 2 aromatic carbocycles. The standard InChI is InChI=1S/C31H29N5O6/c1-5-15-33-26-24(28(37)35(30(33)39)18-20-7-11-22(41-3)12-8-20)17-25-27(32-26)34(16-6-2)31(40)36(29(25)38)19-21-9-13-23(42-4)14-10-21/h5-14,17H,1-2,15-16,18-19H2,3-4H3. The van der Waals surface area contributed by atoms with E-state index in [1.54, 1.807) is 62.8 Å². The zero-order chi connectivity index (χ0) is 30.0. The summed E-state index contributed by atoms with van der Waals surface area (Å²) in [7, 11) is 3.10. The average Bonchev–Trinajstić information content (AvgIpc) is 3.01. The zero-order valence-electron chi connectivity index (χ0n) is 23.3. The highest BCUT2D eigenvalue weighted by molar-refractivity contribution is 5.88. The molecule has 5 aromatic rings. The summed E-state index contributed by atoms with van der Waals surface area (Å²) >= 11 is 0. The van der Waals surface area contributed by atoms with Gasteiger partial charge < -0.3 is 9.47 Å². The van der Waals surface area contributed by atoms with Crippen LogP contribution in [-0.2, 0) is 26.2 Å². The highest BCUT2D eigenvalue weighted by atomic mass is 16.5. The maximum Gasteiger partial charge on any atom is 0.333 e. The van der Waals surface area contributed by atoms with E-state index in [1.165, 1.54) is 27.4 Å². The van der Waals surface area contributed by atoms with Crippen LogP contribution in [0.5, 0.6) is 11.5 Å². The number of rotatable bonds is 10. The van der Waals surface area contributed by atoms with Crippen LogP contribution in [0.3, 0.4) is 0 Å². The van der Waals surface area contributed by atoms with Gasteiger partial charge in [0, 0.05) is 13.1 Å². The lowest BCUT2D eigenvalue weighted by Gasteiger charge is -2.16. The van der Waals surface area contributed by atoms with Crippen molar-refractivity contribution >= 4 is 22.1 Å². The number of aromatic nitrogens is 5. The molecule has 3 heterocycles. The van der Waals surface area contributed by atoms with Gasteiger partial charge in [0.05, 0.1) is 38.1 Å². The van der Waals surface area contributed by atoms with Crippen molar-refractivity contribution in [3.05, 3.63) is 133 Å². The second-order valence-electron chi connectivity index (χ2n) is 9.57. The lowest BCUT2D eigenvalue weighted by Crippen LogP contribution is -2.42. The Morgan fingerprint density at radius 1 is 0.643 bits per heavy atom. The molecule has 0 amide bonds. The van der Waals surface area contributed by atoms with E-state index in [1.807, 2.05) is 0 Å². The van der Waals surface area contributed by atoms with Gasteiger partial charge in [0.1, 0.15) is 11.5 Å². The fourth-order valence-corrected chi connectivity index (χ4v) is 4.85. The summed E-state index contributed by atoms with van der Waals surface area (Å²) in [6, 6.07) is 15.4. The molecule has 214 valence electrons. The van der Waals surface area contributed by atoms with Crippen LogP contribution in [0.4, 0.5) is 0 Å². The largest absolute Gasteiger partial charge is 0.497 e. The van der Waals surface area contributed by atoms with Gasteiger partial charge in [0.25, 0.3) is 11.1 Å². The molecule has 0 N–H and O–H groups in total. The van der Waals surface area contributed by atoms with Crippen LogP contribution in [0, 0.1) is 0 Å². The van der Waals surface area contributed by atoms with E-state index >= 15 is 0 Å². The Kier molecular flexibility index (Phi) is 7.74. The van der Waals surface area contributed by atoms with Crippen molar-refractivity contribution in [2.45, 2.75) is 26.2 Å². The van der Waals surface area contributed by atoms with Crippen LogP contribution in [0.15, 0.2) is 99.1 Å². The van der Waals surface area contributed by atoms with Gasteiger partial charge in [-0.25, -0.2) is 14.6 Å². The predicted molar refractivity (Wildman–Crippen MR) is 161 cm³/mol. The summed E-state index contributed by atoms with van der Waals surface area (Å²) in [5.74, 6) is 1.28. The first-order valence-electron chi connectivity index (χ1n) is 13.1. The minimum atomic E-state index is -0.608. The number of pyridine rings is 1. The van der Waals surface area contributed by atoms with Gasteiger partial charge in [-0.2, -0.15) is 0 Å². The zero-order valence-corrected chi connectivity index (χ0v) is 23.3. The minimum Gasteiger partial charge on any atom is -0.497 e. The maximum absolute atomic E-state index is 13.8. The first-order valence-corrected chi connectivity index (χ1v) is 13.1. The fraction of sp³-hybridized carbons (Fsp3) is 0.194. The summed E-state index contributed by atoms with van der Waals surface area (Å²) in [5, 5.41) is 0.128. The first kappa shape index (κ1) is 28.1. The Bertz CT molecular complexity index is 1920. The normalized spacial score (nSPS) is 11.1. The van der Waals surface area contributed by atoms with Crippen LogP contribution in [0.1, 0.15) is 11.1 Å². The van der Waals surface area contributed by atoms with Crippen molar-refractivity contribution in [2.75, 3.05) is 14.2 Å². The summed E-state index contributed by atoms with van der Waals surface area (Å²) in [4.78, 5) is 59.2. The van der Waals surface area contributed by atoms with E-state index < -0.39 is 22.5 Å². The number of allylic oxidation sites excluding steroid dienone is 2. The van der Waals surface area contributed by atoms with Gasteiger partial charge in [0.2, 0.25) is 0 Å². The van der Waals surface area contributed by atoms with Crippen LogP contribution in [-0.4, -0.2) is 37.5 Å². The Labute approximate surface area is 239 Å². The van der Waals surface area contributed by atoms with E-state index in [-0.39, 0.29) is 48.2 Å². The molecule has 5 rings (SSSR count). The fourth-order valence-electron chi connectivity index (χ4n) is 4.85. The van der Waals surface area contributed by atoms with E-state index in [0.717, 1.165) is 9.13 Å². The molecule has 0 saturated carbocycles. The SMILES string of the molecule is C=CCn1c(=O)n(Cc2ccc(OC)cc2)c(=O)c2cc3c(=O)n(Cc4ccc(OC)cc4)c(=O)n(CC=C)c3nc21. The second-order valence-corrected chi connectivity index (χ2v) is 9.57. The highest BCUT2D eigenvalue weighted by Crippen LogP contribution is 2.16. The summed E-state index contributed by atoms with van der Waals surface area (Å²) in [6.07, 6.45) is 3.02. The van der Waals surface area contributed by atoms with Gasteiger partial charge in [0.15, 0.2) is 11.3 Å². The molecule has 0 aliphatic carbocycles. The third-order valence-electron chi connectivity index (χ3n) is 6.99. The third kappa shape index (κ3) is 4.96. The molecule has 0 atom stereocenters. The van der Waals surface area contributed by atoms with Crippen molar-refractivity contribution in [2.24, 2.45) is 0 Å². The molecule has 0 aliphatic heterocycles. The molecule has 0 spiro atoms. The molecule has 0 fully saturated rings. The lowest BCUT2D eigenvalue weighted by molar-refractivity contribution is 0.414. The van der Waals surface area contributed by atoms with Crippen LogP contribution < -0.4 is 32.0 Å². The average molecular weight is 568 g/mol. The van der Waals surface area contributed by atoms with Crippen molar-refractivity contribution in [1.82, 2.24) is 23.3 Å². The number of nitrogens with zero attached hydrogens (tertiary/aromatic N) is 5. The Hall–Kier alpha value is -5.45. The van der Waals surface area contributed by atoms with E-state index in [2.05, 4.69) is 18.1 Å². The van der Waals surface area contributed by atoms with Crippen LogP contribution in [0.2, 0.25) is 0 Å². The third-order valence-corrected chi connectivity index (χ3v) is 6.99. The molecule has 0 radical (unpaired) electrons. The minimum absolute atomic E-state index is 0.00948. The van der Waals surface area contributed by atoms with Gasteiger partial charge in [-0.05, 0) is 41.5 Å². The van der Waals surface area contributed by atoms with Crippen molar-refractivity contribution in [1.29, 1.82) is 0 Å². The number of hydrogen-bond donors (Lipinski definition) is 0. The van der Waals surface area contributed by atoms with Gasteiger partial charge >= 0.3 is 11.4 Å². The van der Waals surface area contributed by atoms with Gasteiger partial charge in [-0.3, -0.25) is 27.9 Å². The van der Waals surface area contributed by atoms with Crippen molar-refractivity contribution in [3.63, 3.8) is 0 Å². The van der Waals surface area contributed by atoms with Gasteiger partial charge in [-0.1, -0.05) is 36.4 Å². The Morgan fingerprint density at radius 2 is 1.02 bits per heavy atom. The molecule has 0 unspecified atom stereocenters. The van der Waals surface area contributed by atoms with E-state index in [9.17, 15) is 19.2 Å². The number of benzene rings is 2. The Morgan fingerprint density at radius 3 is 1.36 bits per heavy atom. The molecule has 42 heavy (non-hydrogen) atoms. The molecule has 0 bridgehead atoms. The van der Waals surface area contributed by atoms with E-state index in [4.69, 9.17) is 9.47 Å². The van der Waals surface area contributed by atoms with Crippen molar-refractivity contribution < 1.29 is 9.47 Å². The molecule has 11 nitrogen and oxygen atoms in total. The summed E-state index contributed by atoms with van der Waals surface area (Å²) in [6.45, 7) is 7.57. The lowest BCUT2D eigenvalue weighted by atomic mass is 10.2. The smallest absolute Gasteiger partial charge is 0.333 e. The number of methoxy groups -OCH3 is 2.